The first-order chi connectivity index (χ1) is 9.87. The molecule has 112 valence electrons. The van der Waals surface area contributed by atoms with Crippen molar-refractivity contribution in [3.8, 4) is 0 Å². The smallest absolute Gasteiger partial charge is 0.245 e. The highest BCUT2D eigenvalue weighted by Gasteiger charge is 2.25. The summed E-state index contributed by atoms with van der Waals surface area (Å²) in [6.07, 6.45) is 1.50. The number of fused-ring (bicyclic) bond motifs is 1. The largest absolute Gasteiger partial charge is 0.398 e. The van der Waals surface area contributed by atoms with Crippen molar-refractivity contribution >= 4 is 32.5 Å². The van der Waals surface area contributed by atoms with Gasteiger partial charge in [-0.25, -0.2) is 8.42 Å². The van der Waals surface area contributed by atoms with Gasteiger partial charge < -0.3 is 11.1 Å². The van der Waals surface area contributed by atoms with Crippen LogP contribution in [0.15, 0.2) is 35.4 Å². The molecule has 0 saturated carbocycles. The lowest BCUT2D eigenvalue weighted by Crippen LogP contribution is -2.37. The molecule has 0 bridgehead atoms. The van der Waals surface area contributed by atoms with Crippen LogP contribution in [0.4, 0.5) is 5.69 Å². The fourth-order valence-electron chi connectivity index (χ4n) is 1.91. The molecule has 0 unspecified atom stereocenters. The second kappa shape index (κ2) is 5.66. The molecule has 0 aliphatic heterocycles. The molecule has 0 atom stereocenters. The van der Waals surface area contributed by atoms with Crippen LogP contribution in [-0.2, 0) is 14.8 Å². The number of amides is 1. The van der Waals surface area contributed by atoms with Crippen molar-refractivity contribution in [3.05, 3.63) is 30.5 Å². The number of likely N-dealkylation sites (N-methyl/N-ethyl adjacent to an activating group) is 2. The third kappa shape index (κ3) is 2.81. The number of nitrogens with zero attached hydrogens (tertiary/aromatic N) is 2. The number of pyridine rings is 1. The zero-order valence-electron chi connectivity index (χ0n) is 11.7. The van der Waals surface area contributed by atoms with Crippen molar-refractivity contribution in [1.29, 1.82) is 0 Å². The molecule has 1 heterocycles. The molecule has 0 saturated heterocycles. The maximum atomic E-state index is 12.6. The predicted octanol–water partition coefficient (Wildman–Crippen LogP) is 0.184. The first-order valence-corrected chi connectivity index (χ1v) is 7.62. The van der Waals surface area contributed by atoms with Gasteiger partial charge in [-0.3, -0.25) is 9.78 Å². The Bertz CT molecular complexity index is 789. The topological polar surface area (TPSA) is 105 Å². The zero-order chi connectivity index (χ0) is 15.6. The molecule has 0 aliphatic rings. The van der Waals surface area contributed by atoms with E-state index in [1.165, 1.54) is 32.4 Å². The molecule has 8 heteroatoms. The van der Waals surface area contributed by atoms with Crippen LogP contribution in [0.5, 0.6) is 0 Å². The minimum absolute atomic E-state index is 0.0266. The standard InChI is InChI=1S/C13H16N4O3S/c1-15-12(18)8-17(2)21(19,20)11-6-5-10(14)9-4-3-7-16-13(9)11/h3-7H,8,14H2,1-2H3,(H,15,18). The van der Waals surface area contributed by atoms with Gasteiger partial charge in [0.1, 0.15) is 4.90 Å². The van der Waals surface area contributed by atoms with E-state index < -0.39 is 15.9 Å². The molecule has 7 nitrogen and oxygen atoms in total. The number of benzene rings is 1. The number of hydrogen-bond acceptors (Lipinski definition) is 5. The number of nitrogens with two attached hydrogens (primary N) is 1. The van der Waals surface area contributed by atoms with E-state index in [2.05, 4.69) is 10.3 Å². The number of sulfonamides is 1. The van der Waals surface area contributed by atoms with Gasteiger partial charge in [0.05, 0.1) is 12.1 Å². The average Bonchev–Trinajstić information content (AvgIpc) is 2.47. The third-order valence-corrected chi connectivity index (χ3v) is 4.93. The first-order valence-electron chi connectivity index (χ1n) is 6.18. The van der Waals surface area contributed by atoms with E-state index in [0.717, 1.165) is 4.31 Å². The number of nitrogens with one attached hydrogen (secondary N) is 1. The zero-order valence-corrected chi connectivity index (χ0v) is 12.5. The number of aromatic nitrogens is 1. The van der Waals surface area contributed by atoms with E-state index >= 15 is 0 Å². The minimum atomic E-state index is -3.83. The summed E-state index contributed by atoms with van der Waals surface area (Å²) in [6.45, 7) is -0.266. The average molecular weight is 308 g/mol. The number of hydrogen-bond donors (Lipinski definition) is 2. The van der Waals surface area contributed by atoms with Gasteiger partial charge >= 0.3 is 0 Å². The van der Waals surface area contributed by atoms with Gasteiger partial charge in [-0.1, -0.05) is 0 Å². The second-order valence-corrected chi connectivity index (χ2v) is 6.50. The molecule has 21 heavy (non-hydrogen) atoms. The highest BCUT2D eigenvalue weighted by atomic mass is 32.2. The predicted molar refractivity (Wildman–Crippen MR) is 80.0 cm³/mol. The normalized spacial score (nSPS) is 11.8. The highest BCUT2D eigenvalue weighted by Crippen LogP contribution is 2.27. The van der Waals surface area contributed by atoms with E-state index in [9.17, 15) is 13.2 Å². The van der Waals surface area contributed by atoms with Crippen molar-refractivity contribution in [1.82, 2.24) is 14.6 Å². The van der Waals surface area contributed by atoms with Gasteiger partial charge in [0.25, 0.3) is 0 Å². The number of anilines is 1. The molecular formula is C13H16N4O3S. The van der Waals surface area contributed by atoms with Gasteiger partial charge in [0.2, 0.25) is 15.9 Å². The van der Waals surface area contributed by atoms with E-state index in [0.29, 0.717) is 16.6 Å². The maximum Gasteiger partial charge on any atom is 0.245 e. The molecule has 0 spiro atoms. The second-order valence-electron chi connectivity index (χ2n) is 4.49. The summed E-state index contributed by atoms with van der Waals surface area (Å²) in [7, 11) is -1.04. The lowest BCUT2D eigenvalue weighted by atomic mass is 10.2. The van der Waals surface area contributed by atoms with Crippen LogP contribution in [0.2, 0.25) is 0 Å². The van der Waals surface area contributed by atoms with Crippen LogP contribution in [0.25, 0.3) is 10.9 Å². The fraction of sp³-hybridized carbons (Fsp3) is 0.231. The summed E-state index contributed by atoms with van der Waals surface area (Å²) in [5, 5.41) is 2.95. The van der Waals surface area contributed by atoms with Crippen molar-refractivity contribution in [2.24, 2.45) is 0 Å². The molecule has 3 N–H and O–H groups in total. The number of rotatable bonds is 4. The molecule has 0 aliphatic carbocycles. The van der Waals surface area contributed by atoms with Crippen molar-refractivity contribution < 1.29 is 13.2 Å². The van der Waals surface area contributed by atoms with E-state index in [1.54, 1.807) is 12.1 Å². The molecule has 0 radical (unpaired) electrons. The van der Waals surface area contributed by atoms with Gasteiger partial charge in [0.15, 0.2) is 0 Å². The number of nitrogen functional groups attached to an aromatic ring is 1. The lowest BCUT2D eigenvalue weighted by molar-refractivity contribution is -0.120. The van der Waals surface area contributed by atoms with Crippen molar-refractivity contribution in [2.45, 2.75) is 4.90 Å². The number of carbonyl (C=O) groups excluding carboxylic acids is 1. The van der Waals surface area contributed by atoms with E-state index in [1.807, 2.05) is 0 Å². The van der Waals surface area contributed by atoms with Crippen LogP contribution in [0.3, 0.4) is 0 Å². The molecule has 0 fully saturated rings. The van der Waals surface area contributed by atoms with Crippen LogP contribution in [0.1, 0.15) is 0 Å². The van der Waals surface area contributed by atoms with Crippen LogP contribution >= 0.6 is 0 Å². The van der Waals surface area contributed by atoms with Gasteiger partial charge in [-0.05, 0) is 24.3 Å². The lowest BCUT2D eigenvalue weighted by Gasteiger charge is -2.17. The van der Waals surface area contributed by atoms with Crippen molar-refractivity contribution in [3.63, 3.8) is 0 Å². The van der Waals surface area contributed by atoms with E-state index in [-0.39, 0.29) is 11.4 Å². The Balaban J connectivity index is 2.55. The summed E-state index contributed by atoms with van der Waals surface area (Å²) < 4.78 is 26.1. The van der Waals surface area contributed by atoms with Gasteiger partial charge in [-0.2, -0.15) is 4.31 Å². The van der Waals surface area contributed by atoms with Crippen LogP contribution < -0.4 is 11.1 Å². The van der Waals surface area contributed by atoms with Gasteiger partial charge in [0, 0.05) is 31.4 Å². The molecule has 1 aromatic carbocycles. The van der Waals surface area contributed by atoms with E-state index in [4.69, 9.17) is 5.73 Å². The molecule has 1 aromatic heterocycles. The highest BCUT2D eigenvalue weighted by molar-refractivity contribution is 7.89. The van der Waals surface area contributed by atoms with Crippen LogP contribution in [0, 0.1) is 0 Å². The Morgan fingerprint density at radius 3 is 2.76 bits per heavy atom. The quantitative estimate of drug-likeness (QED) is 0.784. The van der Waals surface area contributed by atoms with Crippen molar-refractivity contribution in [2.75, 3.05) is 26.4 Å². The Hall–Kier alpha value is -2.19. The van der Waals surface area contributed by atoms with Crippen LogP contribution in [-0.4, -0.2) is 44.3 Å². The summed E-state index contributed by atoms with van der Waals surface area (Å²) in [5.41, 5.74) is 6.58. The third-order valence-electron chi connectivity index (χ3n) is 3.10. The number of carbonyl (C=O) groups is 1. The molecule has 1 amide bonds. The molecular weight excluding hydrogens is 292 g/mol. The monoisotopic (exact) mass is 308 g/mol. The first kappa shape index (κ1) is 15.2. The maximum absolute atomic E-state index is 12.6. The minimum Gasteiger partial charge on any atom is -0.398 e. The summed E-state index contributed by atoms with van der Waals surface area (Å²) >= 11 is 0. The summed E-state index contributed by atoms with van der Waals surface area (Å²) in [5.74, 6) is -0.395. The Morgan fingerprint density at radius 1 is 1.38 bits per heavy atom. The van der Waals surface area contributed by atoms with Gasteiger partial charge in [-0.15, -0.1) is 0 Å². The SMILES string of the molecule is CNC(=O)CN(C)S(=O)(=O)c1ccc(N)c2cccnc12. The summed E-state index contributed by atoms with van der Waals surface area (Å²) in [4.78, 5) is 15.5. The summed E-state index contributed by atoms with van der Waals surface area (Å²) in [6, 6.07) is 6.31. The Labute approximate surface area is 122 Å². The Kier molecular flexibility index (Phi) is 4.10. The molecule has 2 aromatic rings. The molecule has 2 rings (SSSR count). The fourth-order valence-corrected chi connectivity index (χ4v) is 3.18. The Morgan fingerprint density at radius 2 is 2.10 bits per heavy atom.